The van der Waals surface area contributed by atoms with Gasteiger partial charge in [-0.2, -0.15) is 18.3 Å². The summed E-state index contributed by atoms with van der Waals surface area (Å²) in [5.41, 5.74) is 1.98. The summed E-state index contributed by atoms with van der Waals surface area (Å²) in [5, 5.41) is 9.14. The maximum Gasteiger partial charge on any atom is 0.416 e. The molecule has 0 fully saturated rings. The van der Waals surface area contributed by atoms with Crippen molar-refractivity contribution in [3.63, 3.8) is 0 Å². The first-order valence-corrected chi connectivity index (χ1v) is 9.55. The Labute approximate surface area is 180 Å². The van der Waals surface area contributed by atoms with Crippen LogP contribution in [0.1, 0.15) is 15.9 Å². The van der Waals surface area contributed by atoms with Gasteiger partial charge in [-0.25, -0.2) is 5.10 Å². The topological polar surface area (TPSA) is 74.8 Å². The first-order chi connectivity index (χ1) is 15.3. The van der Waals surface area contributed by atoms with Gasteiger partial charge in [-0.15, -0.1) is 0 Å². The van der Waals surface area contributed by atoms with Crippen molar-refractivity contribution in [2.45, 2.75) is 6.18 Å². The number of carbonyl (C=O) groups excluding carboxylic acids is 1. The zero-order chi connectivity index (χ0) is 22.7. The molecule has 3 aromatic carbocycles. The van der Waals surface area contributed by atoms with Crippen LogP contribution in [0, 0.1) is 0 Å². The number of hydrogen-bond donors (Lipinski definition) is 2. The van der Waals surface area contributed by atoms with Crippen LogP contribution in [0.5, 0.6) is 0 Å². The van der Waals surface area contributed by atoms with Gasteiger partial charge >= 0.3 is 6.18 Å². The minimum Gasteiger partial charge on any atom is -0.322 e. The fourth-order valence-electron chi connectivity index (χ4n) is 3.23. The Kier molecular flexibility index (Phi) is 5.59. The van der Waals surface area contributed by atoms with Crippen LogP contribution in [0.3, 0.4) is 0 Å². The number of aromatic amines is 1. The van der Waals surface area contributed by atoms with E-state index in [1.165, 1.54) is 18.2 Å². The minimum absolute atomic E-state index is 0.319. The highest BCUT2D eigenvalue weighted by molar-refractivity contribution is 6.08. The number of halogens is 3. The van der Waals surface area contributed by atoms with Gasteiger partial charge in [0.25, 0.3) is 11.5 Å². The van der Waals surface area contributed by atoms with Crippen molar-refractivity contribution in [1.29, 1.82) is 0 Å². The van der Waals surface area contributed by atoms with Gasteiger partial charge in [0, 0.05) is 22.9 Å². The predicted molar refractivity (Wildman–Crippen MR) is 115 cm³/mol. The van der Waals surface area contributed by atoms with Gasteiger partial charge in [0.15, 0.2) is 0 Å². The Morgan fingerprint density at radius 2 is 1.59 bits per heavy atom. The van der Waals surface area contributed by atoms with Crippen molar-refractivity contribution >= 4 is 11.6 Å². The van der Waals surface area contributed by atoms with Crippen LogP contribution in [0.4, 0.5) is 18.9 Å². The molecule has 0 spiro atoms. The van der Waals surface area contributed by atoms with Gasteiger partial charge in [0.2, 0.25) is 0 Å². The molecule has 0 saturated heterocycles. The summed E-state index contributed by atoms with van der Waals surface area (Å²) >= 11 is 0. The number of anilines is 1. The number of benzene rings is 3. The van der Waals surface area contributed by atoms with Crippen LogP contribution in [0.15, 0.2) is 89.7 Å². The second-order valence-corrected chi connectivity index (χ2v) is 6.96. The molecule has 0 saturated carbocycles. The maximum atomic E-state index is 13.0. The number of nitrogens with one attached hydrogen (secondary N) is 2. The molecule has 2 N–H and O–H groups in total. The molecule has 160 valence electrons. The van der Waals surface area contributed by atoms with Crippen molar-refractivity contribution < 1.29 is 18.0 Å². The quantitative estimate of drug-likeness (QED) is 0.452. The largest absolute Gasteiger partial charge is 0.416 e. The first-order valence-electron chi connectivity index (χ1n) is 9.55. The van der Waals surface area contributed by atoms with Gasteiger partial charge in [0.05, 0.1) is 11.3 Å². The van der Waals surface area contributed by atoms with Crippen molar-refractivity contribution in [3.8, 4) is 22.4 Å². The Morgan fingerprint density at radius 1 is 0.844 bits per heavy atom. The average Bonchev–Trinajstić information content (AvgIpc) is 2.79. The highest BCUT2D eigenvalue weighted by atomic mass is 19.4. The van der Waals surface area contributed by atoms with Gasteiger partial charge in [0.1, 0.15) is 0 Å². The highest BCUT2D eigenvalue weighted by Crippen LogP contribution is 2.32. The summed E-state index contributed by atoms with van der Waals surface area (Å²) in [6.07, 6.45) is -4.43. The minimum atomic E-state index is -4.43. The molecule has 8 heteroatoms. The van der Waals surface area contributed by atoms with Gasteiger partial charge in [-0.1, -0.05) is 42.5 Å². The second kappa shape index (κ2) is 8.50. The van der Waals surface area contributed by atoms with Crippen molar-refractivity contribution in [2.24, 2.45) is 0 Å². The van der Waals surface area contributed by atoms with Crippen molar-refractivity contribution in [3.05, 3.63) is 106 Å². The molecular weight excluding hydrogens is 419 g/mol. The first kappa shape index (κ1) is 21.0. The third-order valence-corrected chi connectivity index (χ3v) is 4.79. The lowest BCUT2D eigenvalue weighted by Crippen LogP contribution is -2.13. The van der Waals surface area contributed by atoms with E-state index in [2.05, 4.69) is 15.5 Å². The number of hydrogen-bond acceptors (Lipinski definition) is 3. The number of rotatable bonds is 4. The lowest BCUT2D eigenvalue weighted by molar-refractivity contribution is -0.137. The van der Waals surface area contributed by atoms with E-state index in [-0.39, 0.29) is 5.56 Å². The van der Waals surface area contributed by atoms with E-state index in [1.807, 2.05) is 0 Å². The summed E-state index contributed by atoms with van der Waals surface area (Å²) in [4.78, 5) is 24.2. The molecule has 5 nitrogen and oxygen atoms in total. The highest BCUT2D eigenvalue weighted by Gasteiger charge is 2.30. The van der Waals surface area contributed by atoms with Gasteiger partial charge in [-0.05, 0) is 47.5 Å². The van der Waals surface area contributed by atoms with Crippen LogP contribution in [0.2, 0.25) is 0 Å². The fraction of sp³-hybridized carbons (Fsp3) is 0.0417. The van der Waals surface area contributed by atoms with Crippen LogP contribution in [-0.2, 0) is 6.18 Å². The average molecular weight is 435 g/mol. The van der Waals surface area contributed by atoms with Crippen LogP contribution in [0.25, 0.3) is 22.4 Å². The zero-order valence-corrected chi connectivity index (χ0v) is 16.5. The molecule has 0 aliphatic rings. The van der Waals surface area contributed by atoms with E-state index < -0.39 is 17.6 Å². The summed E-state index contributed by atoms with van der Waals surface area (Å²) in [6.45, 7) is 0. The zero-order valence-electron chi connectivity index (χ0n) is 16.5. The third kappa shape index (κ3) is 4.59. The van der Waals surface area contributed by atoms with E-state index in [9.17, 15) is 22.8 Å². The van der Waals surface area contributed by atoms with E-state index in [1.54, 1.807) is 54.6 Å². The van der Waals surface area contributed by atoms with Crippen molar-refractivity contribution in [2.75, 3.05) is 5.32 Å². The predicted octanol–water partition coefficient (Wildman–Crippen LogP) is 5.38. The van der Waals surface area contributed by atoms with Crippen LogP contribution < -0.4 is 10.9 Å². The molecule has 4 aromatic rings. The number of aromatic nitrogens is 2. The number of carbonyl (C=O) groups is 1. The van der Waals surface area contributed by atoms with Crippen LogP contribution in [-0.4, -0.2) is 16.1 Å². The summed E-state index contributed by atoms with van der Waals surface area (Å²) in [6, 6.07) is 21.2. The Balaban J connectivity index is 1.61. The molecule has 0 atom stereocenters. The van der Waals surface area contributed by atoms with E-state index in [4.69, 9.17) is 0 Å². The smallest absolute Gasteiger partial charge is 0.322 e. The summed E-state index contributed by atoms with van der Waals surface area (Å²) < 4.78 is 38.6. The standard InChI is InChI=1S/C24H16F3N3O2/c25-24(26,27)17-10-8-15(9-11-17)19-6-1-2-7-20(19)23(32)28-18-5-3-4-16(14-18)21-12-13-22(31)30-29-21/h1-14H,(H,28,32)(H,30,31). The monoisotopic (exact) mass is 435 g/mol. The molecule has 0 aliphatic heterocycles. The number of nitrogens with zero attached hydrogens (tertiary/aromatic N) is 1. The molecular formula is C24H16F3N3O2. The van der Waals surface area contributed by atoms with Crippen molar-refractivity contribution in [1.82, 2.24) is 10.2 Å². The molecule has 1 amide bonds. The maximum absolute atomic E-state index is 13.0. The molecule has 0 aliphatic carbocycles. The molecule has 0 bridgehead atoms. The van der Waals surface area contributed by atoms with Crippen LogP contribution >= 0.6 is 0 Å². The molecule has 0 unspecified atom stereocenters. The summed E-state index contributed by atoms with van der Waals surface area (Å²) in [5.74, 6) is -0.410. The Bertz CT molecular complexity index is 1310. The van der Waals surface area contributed by atoms with E-state index >= 15 is 0 Å². The fourth-order valence-corrected chi connectivity index (χ4v) is 3.23. The molecule has 0 radical (unpaired) electrons. The van der Waals surface area contributed by atoms with E-state index in [0.29, 0.717) is 33.6 Å². The third-order valence-electron chi connectivity index (χ3n) is 4.79. The lowest BCUT2D eigenvalue weighted by Gasteiger charge is -2.12. The second-order valence-electron chi connectivity index (χ2n) is 6.96. The Morgan fingerprint density at radius 3 is 2.28 bits per heavy atom. The Hall–Kier alpha value is -4.20. The van der Waals surface area contributed by atoms with Gasteiger partial charge in [-0.3, -0.25) is 9.59 Å². The molecule has 1 aromatic heterocycles. The molecule has 1 heterocycles. The molecule has 32 heavy (non-hydrogen) atoms. The number of H-pyrrole nitrogens is 1. The normalized spacial score (nSPS) is 11.2. The summed E-state index contributed by atoms with van der Waals surface area (Å²) in [7, 11) is 0. The molecule has 4 rings (SSSR count). The number of amides is 1. The SMILES string of the molecule is O=C(Nc1cccc(-c2ccc(=O)[nH]n2)c1)c1ccccc1-c1ccc(C(F)(F)F)cc1. The van der Waals surface area contributed by atoms with Gasteiger partial charge < -0.3 is 5.32 Å². The number of alkyl halides is 3. The van der Waals surface area contributed by atoms with E-state index in [0.717, 1.165) is 12.1 Å². The lowest BCUT2D eigenvalue weighted by atomic mass is 9.98.